The van der Waals surface area contributed by atoms with Gasteiger partial charge >= 0.3 is 5.69 Å². The van der Waals surface area contributed by atoms with E-state index in [9.17, 15) is 9.18 Å². The molecule has 0 fully saturated rings. The Labute approximate surface area is 137 Å². The maximum atomic E-state index is 13.7. The van der Waals surface area contributed by atoms with E-state index < -0.39 is 11.5 Å². The van der Waals surface area contributed by atoms with Crippen LogP contribution in [0, 0.1) is 18.2 Å². The molecule has 3 rings (SSSR count). The molecule has 3 aromatic rings. The van der Waals surface area contributed by atoms with Gasteiger partial charge in [0.15, 0.2) is 11.6 Å². The van der Waals surface area contributed by atoms with Gasteiger partial charge in [-0.15, -0.1) is 6.42 Å². The molecule has 2 aromatic carbocycles. The molecule has 0 bridgehead atoms. The van der Waals surface area contributed by atoms with Gasteiger partial charge in [0, 0.05) is 18.2 Å². The number of hydrogen-bond donors (Lipinski definition) is 0. The fourth-order valence-corrected chi connectivity index (χ4v) is 2.24. The molecule has 24 heavy (non-hydrogen) atoms. The number of para-hydroxylation sites is 1. The van der Waals surface area contributed by atoms with E-state index in [1.165, 1.54) is 19.2 Å². The van der Waals surface area contributed by atoms with Gasteiger partial charge in [0.1, 0.15) is 6.61 Å². The van der Waals surface area contributed by atoms with Crippen LogP contribution in [0.5, 0.6) is 5.75 Å². The molecule has 0 aliphatic rings. The van der Waals surface area contributed by atoms with Crippen LogP contribution < -0.4 is 10.4 Å². The standard InChI is InChI=1S/C17H13FN4O2/c1-3-12-7-6-9-15(22-17(23)21(2)19-20-22)13(12)11-24-16-10-5-4-8-14(16)18/h1,4-10H,11H2,2H3. The number of tetrazole rings is 1. The summed E-state index contributed by atoms with van der Waals surface area (Å²) in [6, 6.07) is 11.2. The maximum absolute atomic E-state index is 13.7. The van der Waals surface area contributed by atoms with E-state index in [1.807, 2.05) is 0 Å². The van der Waals surface area contributed by atoms with Crippen molar-refractivity contribution >= 4 is 0 Å². The minimum Gasteiger partial charge on any atom is -0.486 e. The molecule has 0 aliphatic heterocycles. The van der Waals surface area contributed by atoms with Crippen LogP contribution in [0.2, 0.25) is 0 Å². The van der Waals surface area contributed by atoms with E-state index in [1.54, 1.807) is 30.3 Å². The van der Waals surface area contributed by atoms with Crippen molar-refractivity contribution < 1.29 is 9.13 Å². The van der Waals surface area contributed by atoms with Gasteiger partial charge in [-0.25, -0.2) is 9.18 Å². The van der Waals surface area contributed by atoms with Crippen LogP contribution in [-0.4, -0.2) is 19.8 Å². The van der Waals surface area contributed by atoms with Gasteiger partial charge in [0.05, 0.1) is 5.69 Å². The monoisotopic (exact) mass is 324 g/mol. The molecule has 0 saturated carbocycles. The third-order valence-corrected chi connectivity index (χ3v) is 3.47. The van der Waals surface area contributed by atoms with Crippen LogP contribution in [0.3, 0.4) is 0 Å². The number of terminal acetylenes is 1. The molecule has 6 nitrogen and oxygen atoms in total. The quantitative estimate of drug-likeness (QED) is 0.685. The highest BCUT2D eigenvalue weighted by Gasteiger charge is 2.15. The van der Waals surface area contributed by atoms with E-state index in [0.717, 1.165) is 9.36 Å². The number of rotatable bonds is 4. The van der Waals surface area contributed by atoms with Crippen molar-refractivity contribution in [1.82, 2.24) is 19.8 Å². The largest absolute Gasteiger partial charge is 0.486 e. The van der Waals surface area contributed by atoms with Crippen molar-refractivity contribution in [3.8, 4) is 23.8 Å². The number of benzene rings is 2. The van der Waals surface area contributed by atoms with Crippen molar-refractivity contribution in [3.63, 3.8) is 0 Å². The summed E-state index contributed by atoms with van der Waals surface area (Å²) in [6.45, 7) is -0.0142. The summed E-state index contributed by atoms with van der Waals surface area (Å²) in [7, 11) is 1.49. The third kappa shape index (κ3) is 2.77. The van der Waals surface area contributed by atoms with Gasteiger partial charge in [0.2, 0.25) is 0 Å². The Hall–Kier alpha value is -3.40. The first-order chi connectivity index (χ1) is 11.6. The fraction of sp³-hybridized carbons (Fsp3) is 0.118. The molecule has 0 saturated heterocycles. The zero-order chi connectivity index (χ0) is 17.1. The van der Waals surface area contributed by atoms with Crippen molar-refractivity contribution in [1.29, 1.82) is 0 Å². The molecule has 0 unspecified atom stereocenters. The Morgan fingerprint density at radius 1 is 1.21 bits per heavy atom. The molecule has 0 spiro atoms. The molecule has 0 radical (unpaired) electrons. The Morgan fingerprint density at radius 2 is 2.00 bits per heavy atom. The molecular formula is C17H13FN4O2. The second-order valence-corrected chi connectivity index (χ2v) is 4.96. The second kappa shape index (κ2) is 6.38. The van der Waals surface area contributed by atoms with E-state index >= 15 is 0 Å². The minimum atomic E-state index is -0.478. The molecule has 0 N–H and O–H groups in total. The van der Waals surface area contributed by atoms with Crippen molar-refractivity contribution in [2.24, 2.45) is 7.05 Å². The number of aromatic nitrogens is 4. The highest BCUT2D eigenvalue weighted by Crippen LogP contribution is 2.21. The lowest BCUT2D eigenvalue weighted by Crippen LogP contribution is -2.23. The number of ether oxygens (including phenoxy) is 1. The van der Waals surface area contributed by atoms with Crippen LogP contribution in [-0.2, 0) is 13.7 Å². The number of aryl methyl sites for hydroxylation is 1. The summed E-state index contributed by atoms with van der Waals surface area (Å²) in [4.78, 5) is 12.1. The van der Waals surface area contributed by atoms with Crippen LogP contribution in [0.15, 0.2) is 47.3 Å². The summed E-state index contributed by atoms with van der Waals surface area (Å²) >= 11 is 0. The average molecular weight is 324 g/mol. The SMILES string of the molecule is C#Cc1cccc(-n2nnn(C)c2=O)c1COc1ccccc1F. The van der Waals surface area contributed by atoms with Gasteiger partial charge in [-0.3, -0.25) is 0 Å². The van der Waals surface area contributed by atoms with Crippen LogP contribution in [0.4, 0.5) is 4.39 Å². The summed E-state index contributed by atoms with van der Waals surface area (Å²) in [5, 5.41) is 7.50. The number of hydrogen-bond acceptors (Lipinski definition) is 4. The Morgan fingerprint density at radius 3 is 2.67 bits per heavy atom. The first kappa shape index (κ1) is 15.5. The zero-order valence-corrected chi connectivity index (χ0v) is 12.8. The van der Waals surface area contributed by atoms with Gasteiger partial charge in [-0.05, 0) is 34.7 Å². The molecule has 7 heteroatoms. The third-order valence-electron chi connectivity index (χ3n) is 3.47. The Balaban J connectivity index is 2.03. The number of nitrogens with zero attached hydrogens (tertiary/aromatic N) is 4. The zero-order valence-electron chi connectivity index (χ0n) is 12.8. The van der Waals surface area contributed by atoms with Crippen molar-refractivity contribution in [2.75, 3.05) is 0 Å². The smallest absolute Gasteiger partial charge is 0.368 e. The molecule has 120 valence electrons. The highest BCUT2D eigenvalue weighted by atomic mass is 19.1. The second-order valence-electron chi connectivity index (χ2n) is 4.96. The molecule has 0 amide bonds. The average Bonchev–Trinajstić information content (AvgIpc) is 2.93. The van der Waals surface area contributed by atoms with E-state index in [0.29, 0.717) is 16.8 Å². The summed E-state index contributed by atoms with van der Waals surface area (Å²) in [5.74, 6) is 2.16. The van der Waals surface area contributed by atoms with E-state index in [2.05, 4.69) is 16.3 Å². The van der Waals surface area contributed by atoms with Gasteiger partial charge in [0.25, 0.3) is 0 Å². The lowest BCUT2D eigenvalue weighted by atomic mass is 10.1. The predicted molar refractivity (Wildman–Crippen MR) is 85.3 cm³/mol. The lowest BCUT2D eigenvalue weighted by molar-refractivity contribution is 0.289. The van der Waals surface area contributed by atoms with Crippen LogP contribution in [0.1, 0.15) is 11.1 Å². The topological polar surface area (TPSA) is 61.9 Å². The van der Waals surface area contributed by atoms with Crippen LogP contribution in [0.25, 0.3) is 5.69 Å². The van der Waals surface area contributed by atoms with Gasteiger partial charge in [-0.1, -0.05) is 24.1 Å². The summed E-state index contributed by atoms with van der Waals surface area (Å²) < 4.78 is 21.5. The molecule has 1 aromatic heterocycles. The summed E-state index contributed by atoms with van der Waals surface area (Å²) in [6.07, 6.45) is 5.53. The first-order valence-corrected chi connectivity index (χ1v) is 7.07. The predicted octanol–water partition coefficient (Wildman–Crippen LogP) is 1.67. The van der Waals surface area contributed by atoms with Crippen molar-refractivity contribution in [2.45, 2.75) is 6.61 Å². The lowest BCUT2D eigenvalue weighted by Gasteiger charge is -2.12. The van der Waals surface area contributed by atoms with Crippen molar-refractivity contribution in [3.05, 3.63) is 69.9 Å². The first-order valence-electron chi connectivity index (χ1n) is 7.07. The number of halogens is 1. The van der Waals surface area contributed by atoms with E-state index in [4.69, 9.17) is 11.2 Å². The normalized spacial score (nSPS) is 10.4. The molecule has 0 atom stereocenters. The molecule has 0 aliphatic carbocycles. The maximum Gasteiger partial charge on any atom is 0.368 e. The molecular weight excluding hydrogens is 311 g/mol. The minimum absolute atomic E-state index is 0.0142. The Kier molecular flexibility index (Phi) is 4.12. The molecule has 1 heterocycles. The Bertz CT molecular complexity index is 985. The van der Waals surface area contributed by atoms with Gasteiger partial charge in [-0.2, -0.15) is 9.36 Å². The van der Waals surface area contributed by atoms with Crippen LogP contribution >= 0.6 is 0 Å². The fourth-order valence-electron chi connectivity index (χ4n) is 2.24. The van der Waals surface area contributed by atoms with E-state index in [-0.39, 0.29) is 12.4 Å². The van der Waals surface area contributed by atoms with Gasteiger partial charge < -0.3 is 4.74 Å². The summed E-state index contributed by atoms with van der Waals surface area (Å²) in [5.41, 5.74) is 1.10. The highest BCUT2D eigenvalue weighted by molar-refractivity contribution is 5.51.